The Morgan fingerprint density at radius 2 is 1.77 bits per heavy atom. The Bertz CT molecular complexity index is 811. The summed E-state index contributed by atoms with van der Waals surface area (Å²) in [4.78, 5) is 22.1. The molecule has 1 aromatic heterocycles. The molecule has 1 amide bonds. The number of amides is 1. The largest absolute Gasteiger partial charge is 0.395 e. The summed E-state index contributed by atoms with van der Waals surface area (Å²) in [6.45, 7) is 5.28. The van der Waals surface area contributed by atoms with Gasteiger partial charge >= 0.3 is 0 Å². The molecule has 30 heavy (non-hydrogen) atoms. The summed E-state index contributed by atoms with van der Waals surface area (Å²) in [5, 5.41) is 9.16. The number of aliphatic hydroxyl groups is 1. The number of hydrogen-bond acceptors (Lipinski definition) is 5. The molecular weight excluding hydrogens is 378 g/mol. The molecule has 0 bridgehead atoms. The first kappa shape index (κ1) is 21.0. The Hall–Kier alpha value is -2.28. The Labute approximate surface area is 178 Å². The van der Waals surface area contributed by atoms with Crippen molar-refractivity contribution in [3.05, 3.63) is 54.4 Å². The van der Waals surface area contributed by atoms with Gasteiger partial charge in [-0.2, -0.15) is 0 Å². The number of ether oxygens (including phenoxy) is 1. The third kappa shape index (κ3) is 4.72. The van der Waals surface area contributed by atoms with Gasteiger partial charge < -0.3 is 14.7 Å². The lowest BCUT2D eigenvalue weighted by molar-refractivity contribution is -0.149. The van der Waals surface area contributed by atoms with Crippen LogP contribution in [0.15, 0.2) is 48.8 Å². The Kier molecular flexibility index (Phi) is 6.77. The topological polar surface area (TPSA) is 65.9 Å². The van der Waals surface area contributed by atoms with Gasteiger partial charge in [-0.05, 0) is 42.0 Å². The van der Waals surface area contributed by atoms with Gasteiger partial charge in [-0.3, -0.25) is 14.7 Å². The summed E-state index contributed by atoms with van der Waals surface area (Å²) in [6, 6.07) is 12.5. The van der Waals surface area contributed by atoms with Gasteiger partial charge in [0.25, 0.3) is 0 Å². The molecule has 1 N–H and O–H groups in total. The lowest BCUT2D eigenvalue weighted by Crippen LogP contribution is -2.55. The first-order chi connectivity index (χ1) is 14.7. The second-order valence-corrected chi connectivity index (χ2v) is 8.37. The molecule has 0 atom stereocenters. The molecule has 6 heteroatoms. The molecule has 0 aliphatic carbocycles. The Morgan fingerprint density at radius 1 is 1.03 bits per heavy atom. The molecule has 2 fully saturated rings. The third-order valence-electron chi connectivity index (χ3n) is 6.47. The van der Waals surface area contributed by atoms with E-state index in [4.69, 9.17) is 9.84 Å². The van der Waals surface area contributed by atoms with Crippen molar-refractivity contribution in [2.45, 2.75) is 19.3 Å². The smallest absolute Gasteiger partial charge is 0.229 e. The molecule has 2 aliphatic rings. The van der Waals surface area contributed by atoms with E-state index < -0.39 is 0 Å². The average molecular weight is 410 g/mol. The van der Waals surface area contributed by atoms with Crippen LogP contribution in [0.5, 0.6) is 0 Å². The number of β-amino-alcohol motifs (C(OH)–C–C–N with tert-alkyl or cyclic N) is 1. The number of benzene rings is 1. The summed E-state index contributed by atoms with van der Waals surface area (Å²) < 4.78 is 5.61. The maximum Gasteiger partial charge on any atom is 0.229 e. The highest BCUT2D eigenvalue weighted by Crippen LogP contribution is 2.37. The highest BCUT2D eigenvalue weighted by molar-refractivity contribution is 5.83. The SMILES string of the molecule is O=C(N1CCN(CCO)CC1)C1(Cc2ccc(-c3cccnc3)cc2)CCOCC1. The van der Waals surface area contributed by atoms with Crippen LogP contribution in [0.25, 0.3) is 11.1 Å². The lowest BCUT2D eigenvalue weighted by atomic mass is 9.73. The number of carbonyl (C=O) groups is 1. The van der Waals surface area contributed by atoms with E-state index in [2.05, 4.69) is 40.2 Å². The summed E-state index contributed by atoms with van der Waals surface area (Å²) in [7, 11) is 0. The van der Waals surface area contributed by atoms with Crippen molar-refractivity contribution in [3.8, 4) is 11.1 Å². The van der Waals surface area contributed by atoms with Crippen molar-refractivity contribution in [3.63, 3.8) is 0 Å². The van der Waals surface area contributed by atoms with E-state index in [1.165, 1.54) is 5.56 Å². The number of nitrogens with zero attached hydrogens (tertiary/aromatic N) is 3. The van der Waals surface area contributed by atoms with Crippen molar-refractivity contribution in [1.29, 1.82) is 0 Å². The third-order valence-corrected chi connectivity index (χ3v) is 6.47. The van der Waals surface area contributed by atoms with Crippen molar-refractivity contribution in [1.82, 2.24) is 14.8 Å². The molecule has 2 aromatic rings. The standard InChI is InChI=1S/C24H31N3O3/c28-15-14-26-10-12-27(13-11-26)23(29)24(7-16-30-17-8-24)18-20-3-5-21(6-4-20)22-2-1-9-25-19-22/h1-6,9,19,28H,7-8,10-18H2. The van der Waals surface area contributed by atoms with E-state index in [9.17, 15) is 4.79 Å². The van der Waals surface area contributed by atoms with Crippen LogP contribution >= 0.6 is 0 Å². The molecule has 0 spiro atoms. The van der Waals surface area contributed by atoms with E-state index in [1.54, 1.807) is 6.20 Å². The van der Waals surface area contributed by atoms with Crippen LogP contribution in [0.2, 0.25) is 0 Å². The fourth-order valence-corrected chi connectivity index (χ4v) is 4.62. The zero-order valence-electron chi connectivity index (χ0n) is 17.5. The molecule has 2 saturated heterocycles. The zero-order chi connectivity index (χ0) is 20.8. The number of carbonyl (C=O) groups excluding carboxylic acids is 1. The minimum absolute atomic E-state index is 0.171. The molecule has 3 heterocycles. The maximum atomic E-state index is 13.6. The number of aliphatic hydroxyl groups excluding tert-OH is 1. The quantitative estimate of drug-likeness (QED) is 0.793. The summed E-state index contributed by atoms with van der Waals surface area (Å²) in [5.41, 5.74) is 3.05. The predicted molar refractivity (Wildman–Crippen MR) is 116 cm³/mol. The molecule has 0 radical (unpaired) electrons. The second-order valence-electron chi connectivity index (χ2n) is 8.37. The number of pyridine rings is 1. The fourth-order valence-electron chi connectivity index (χ4n) is 4.62. The van der Waals surface area contributed by atoms with Crippen LogP contribution in [0, 0.1) is 5.41 Å². The van der Waals surface area contributed by atoms with Gasteiger partial charge in [0.15, 0.2) is 0 Å². The number of piperazine rings is 1. The molecule has 1 aromatic carbocycles. The predicted octanol–water partition coefficient (Wildman–Crippen LogP) is 2.22. The Balaban J connectivity index is 1.48. The van der Waals surface area contributed by atoms with Gasteiger partial charge in [0.1, 0.15) is 0 Å². The molecular formula is C24H31N3O3. The van der Waals surface area contributed by atoms with Gasteiger partial charge in [-0.1, -0.05) is 30.3 Å². The summed E-state index contributed by atoms with van der Waals surface area (Å²) in [6.07, 6.45) is 5.94. The highest BCUT2D eigenvalue weighted by atomic mass is 16.5. The monoisotopic (exact) mass is 409 g/mol. The Morgan fingerprint density at radius 3 is 2.40 bits per heavy atom. The van der Waals surface area contributed by atoms with Gasteiger partial charge in [-0.25, -0.2) is 0 Å². The van der Waals surface area contributed by atoms with Crippen LogP contribution in [-0.2, 0) is 16.0 Å². The van der Waals surface area contributed by atoms with E-state index in [0.29, 0.717) is 19.8 Å². The molecule has 0 saturated carbocycles. The minimum Gasteiger partial charge on any atom is -0.395 e. The lowest BCUT2D eigenvalue weighted by Gasteiger charge is -2.43. The molecule has 160 valence electrons. The van der Waals surface area contributed by atoms with Crippen molar-refractivity contribution in [2.24, 2.45) is 5.41 Å². The van der Waals surface area contributed by atoms with Crippen molar-refractivity contribution < 1.29 is 14.6 Å². The zero-order valence-corrected chi connectivity index (χ0v) is 17.5. The van der Waals surface area contributed by atoms with Gasteiger partial charge in [0.05, 0.1) is 12.0 Å². The molecule has 0 unspecified atom stereocenters. The van der Waals surface area contributed by atoms with Crippen LogP contribution in [0.3, 0.4) is 0 Å². The van der Waals surface area contributed by atoms with Crippen LogP contribution in [-0.4, -0.2) is 78.3 Å². The number of hydrogen-bond donors (Lipinski definition) is 1. The normalized spacial score (nSPS) is 19.6. The first-order valence-corrected chi connectivity index (χ1v) is 10.9. The highest BCUT2D eigenvalue weighted by Gasteiger charge is 2.43. The molecule has 2 aliphatic heterocycles. The maximum absolute atomic E-state index is 13.6. The van der Waals surface area contributed by atoms with E-state index in [1.807, 2.05) is 17.2 Å². The van der Waals surface area contributed by atoms with Crippen molar-refractivity contribution >= 4 is 5.91 Å². The van der Waals surface area contributed by atoms with Crippen LogP contribution in [0.4, 0.5) is 0 Å². The van der Waals surface area contributed by atoms with Gasteiger partial charge in [-0.15, -0.1) is 0 Å². The first-order valence-electron chi connectivity index (χ1n) is 10.9. The average Bonchev–Trinajstić information content (AvgIpc) is 2.81. The van der Waals surface area contributed by atoms with E-state index in [-0.39, 0.29) is 17.9 Å². The fraction of sp³-hybridized carbons (Fsp3) is 0.500. The minimum atomic E-state index is -0.382. The molecule has 4 rings (SSSR count). The van der Waals surface area contributed by atoms with Crippen LogP contribution in [0.1, 0.15) is 18.4 Å². The molecule has 6 nitrogen and oxygen atoms in total. The van der Waals surface area contributed by atoms with Gasteiger partial charge in [0.2, 0.25) is 5.91 Å². The number of aromatic nitrogens is 1. The van der Waals surface area contributed by atoms with Crippen LogP contribution < -0.4 is 0 Å². The second kappa shape index (κ2) is 9.69. The van der Waals surface area contributed by atoms with Gasteiger partial charge in [0, 0.05) is 58.3 Å². The van der Waals surface area contributed by atoms with Crippen molar-refractivity contribution in [2.75, 3.05) is 52.5 Å². The summed E-state index contributed by atoms with van der Waals surface area (Å²) >= 11 is 0. The van der Waals surface area contributed by atoms with E-state index >= 15 is 0 Å². The summed E-state index contributed by atoms with van der Waals surface area (Å²) in [5.74, 6) is 0.269. The van der Waals surface area contributed by atoms with E-state index in [0.717, 1.165) is 56.6 Å². The number of rotatable bonds is 6.